The Morgan fingerprint density at radius 3 is 2.71 bits per heavy atom. The van der Waals surface area contributed by atoms with E-state index in [2.05, 4.69) is 5.32 Å². The van der Waals surface area contributed by atoms with Crippen LogP contribution >= 0.6 is 0 Å². The van der Waals surface area contributed by atoms with Gasteiger partial charge in [-0.3, -0.25) is 19.3 Å². The minimum absolute atomic E-state index is 0.0255. The summed E-state index contributed by atoms with van der Waals surface area (Å²) in [5, 5.41) is 11.5. The summed E-state index contributed by atoms with van der Waals surface area (Å²) >= 11 is 0. The highest BCUT2D eigenvalue weighted by Crippen LogP contribution is 2.05. The average Bonchev–Trinajstić information content (AvgIpc) is 2.25. The van der Waals surface area contributed by atoms with Crippen LogP contribution in [0.5, 0.6) is 0 Å². The molecule has 1 saturated heterocycles. The lowest BCUT2D eigenvalue weighted by Crippen LogP contribution is -2.57. The maximum Gasteiger partial charge on any atom is 0.322 e. The Hall–Kier alpha value is -1.63. The highest BCUT2D eigenvalue weighted by atomic mass is 16.4. The van der Waals surface area contributed by atoms with Crippen molar-refractivity contribution in [2.45, 2.75) is 12.5 Å². The van der Waals surface area contributed by atoms with Crippen molar-refractivity contribution < 1.29 is 19.5 Å². The van der Waals surface area contributed by atoms with Crippen LogP contribution in [0.15, 0.2) is 0 Å². The first-order chi connectivity index (χ1) is 7.91. The molecule has 0 radical (unpaired) electrons. The van der Waals surface area contributed by atoms with Crippen molar-refractivity contribution in [3.8, 4) is 0 Å². The number of hydrogen-bond acceptors (Lipinski definition) is 4. The lowest BCUT2D eigenvalue weighted by molar-refractivity contribution is -0.146. The van der Waals surface area contributed by atoms with Crippen LogP contribution in [0.2, 0.25) is 0 Å². The summed E-state index contributed by atoms with van der Waals surface area (Å²) in [5.41, 5.74) is 0. The average molecular weight is 243 g/mol. The van der Waals surface area contributed by atoms with Gasteiger partial charge in [-0.2, -0.15) is 0 Å². The summed E-state index contributed by atoms with van der Waals surface area (Å²) in [5.74, 6) is -1.28. The van der Waals surface area contributed by atoms with Gasteiger partial charge < -0.3 is 15.3 Å². The molecule has 1 unspecified atom stereocenters. The lowest BCUT2D eigenvalue weighted by Gasteiger charge is -2.32. The fraction of sp³-hybridized carbons (Fsp3) is 0.700. The number of amides is 2. The van der Waals surface area contributed by atoms with Gasteiger partial charge >= 0.3 is 5.97 Å². The minimum atomic E-state index is -0.984. The third kappa shape index (κ3) is 3.70. The third-order valence-electron chi connectivity index (χ3n) is 2.68. The van der Waals surface area contributed by atoms with E-state index >= 15 is 0 Å². The van der Waals surface area contributed by atoms with Crippen LogP contribution < -0.4 is 5.32 Å². The number of rotatable bonds is 4. The molecule has 0 spiro atoms. The molecule has 17 heavy (non-hydrogen) atoms. The van der Waals surface area contributed by atoms with Crippen molar-refractivity contribution in [1.82, 2.24) is 15.1 Å². The Balaban J connectivity index is 2.55. The van der Waals surface area contributed by atoms with E-state index < -0.39 is 12.0 Å². The molecule has 2 N–H and O–H groups in total. The van der Waals surface area contributed by atoms with E-state index in [0.717, 1.165) is 0 Å². The summed E-state index contributed by atoms with van der Waals surface area (Å²) in [7, 11) is 3.28. The topological polar surface area (TPSA) is 90.0 Å². The number of carboxylic acids is 1. The van der Waals surface area contributed by atoms with Gasteiger partial charge in [-0.05, 0) is 0 Å². The van der Waals surface area contributed by atoms with Gasteiger partial charge in [-0.1, -0.05) is 0 Å². The molecule has 0 aromatic rings. The molecule has 1 aliphatic rings. The SMILES string of the molecule is CN(C)C(=O)CCN1CC(=O)NCC1C(=O)O. The van der Waals surface area contributed by atoms with Gasteiger partial charge in [-0.25, -0.2) is 0 Å². The Bertz CT molecular complexity index is 330. The zero-order valence-electron chi connectivity index (χ0n) is 9.97. The maximum absolute atomic E-state index is 11.4. The second-order valence-corrected chi connectivity index (χ2v) is 4.17. The van der Waals surface area contributed by atoms with Crippen LogP contribution in [0.4, 0.5) is 0 Å². The van der Waals surface area contributed by atoms with Crippen LogP contribution in [-0.2, 0) is 14.4 Å². The molecule has 1 aliphatic heterocycles. The van der Waals surface area contributed by atoms with Crippen LogP contribution in [0.1, 0.15) is 6.42 Å². The fourth-order valence-corrected chi connectivity index (χ4v) is 1.63. The lowest BCUT2D eigenvalue weighted by atomic mass is 10.1. The molecule has 0 aromatic carbocycles. The summed E-state index contributed by atoms with van der Waals surface area (Å²) in [6.45, 7) is 0.392. The minimum Gasteiger partial charge on any atom is -0.480 e. The number of carbonyl (C=O) groups is 3. The number of carboxylic acid groups (broad SMARTS) is 1. The van der Waals surface area contributed by atoms with Crippen molar-refractivity contribution in [3.63, 3.8) is 0 Å². The molecule has 0 bridgehead atoms. The maximum atomic E-state index is 11.4. The summed E-state index contributed by atoms with van der Waals surface area (Å²) in [4.78, 5) is 36.5. The van der Waals surface area contributed by atoms with Crippen molar-refractivity contribution >= 4 is 17.8 Å². The van der Waals surface area contributed by atoms with E-state index in [1.807, 2.05) is 0 Å². The number of carbonyl (C=O) groups excluding carboxylic acids is 2. The standard InChI is InChI=1S/C10H17N3O4/c1-12(2)9(15)3-4-13-6-8(14)11-5-7(13)10(16)17/h7H,3-6H2,1-2H3,(H,11,14)(H,16,17). The number of piperazine rings is 1. The molecule has 7 nitrogen and oxygen atoms in total. The van der Waals surface area contributed by atoms with Crippen LogP contribution in [0, 0.1) is 0 Å². The van der Waals surface area contributed by atoms with Gasteiger partial charge in [0, 0.05) is 33.6 Å². The first kappa shape index (κ1) is 13.4. The third-order valence-corrected chi connectivity index (χ3v) is 2.68. The van der Waals surface area contributed by atoms with Gasteiger partial charge in [0.25, 0.3) is 0 Å². The van der Waals surface area contributed by atoms with E-state index in [0.29, 0.717) is 0 Å². The van der Waals surface area contributed by atoms with Crippen molar-refractivity contribution in [2.24, 2.45) is 0 Å². The largest absolute Gasteiger partial charge is 0.480 e. The van der Waals surface area contributed by atoms with Crippen molar-refractivity contribution in [2.75, 3.05) is 33.7 Å². The number of hydrogen-bond donors (Lipinski definition) is 2. The molecular formula is C10H17N3O4. The molecule has 1 rings (SSSR count). The second-order valence-electron chi connectivity index (χ2n) is 4.17. The van der Waals surface area contributed by atoms with E-state index in [1.165, 1.54) is 9.80 Å². The number of nitrogens with zero attached hydrogens (tertiary/aromatic N) is 2. The first-order valence-electron chi connectivity index (χ1n) is 5.35. The van der Waals surface area contributed by atoms with Gasteiger partial charge in [0.1, 0.15) is 6.04 Å². The monoisotopic (exact) mass is 243 g/mol. The highest BCUT2D eigenvalue weighted by molar-refractivity contribution is 5.83. The summed E-state index contributed by atoms with van der Waals surface area (Å²) in [6, 6.07) is -0.748. The number of aliphatic carboxylic acids is 1. The highest BCUT2D eigenvalue weighted by Gasteiger charge is 2.31. The van der Waals surface area contributed by atoms with E-state index in [9.17, 15) is 14.4 Å². The van der Waals surface area contributed by atoms with Crippen molar-refractivity contribution in [3.05, 3.63) is 0 Å². The molecule has 96 valence electrons. The number of nitrogens with one attached hydrogen (secondary N) is 1. The van der Waals surface area contributed by atoms with Gasteiger partial charge in [0.15, 0.2) is 0 Å². The zero-order valence-corrected chi connectivity index (χ0v) is 9.97. The van der Waals surface area contributed by atoms with Gasteiger partial charge in [0.05, 0.1) is 6.54 Å². The zero-order chi connectivity index (χ0) is 13.0. The van der Waals surface area contributed by atoms with Gasteiger partial charge in [-0.15, -0.1) is 0 Å². The van der Waals surface area contributed by atoms with Crippen LogP contribution in [-0.4, -0.2) is 72.5 Å². The molecule has 2 amide bonds. The van der Waals surface area contributed by atoms with E-state index in [1.54, 1.807) is 14.1 Å². The molecule has 0 aliphatic carbocycles. The molecule has 1 fully saturated rings. The quantitative estimate of drug-likeness (QED) is 0.617. The van der Waals surface area contributed by atoms with Crippen LogP contribution in [0.3, 0.4) is 0 Å². The molecular weight excluding hydrogens is 226 g/mol. The molecule has 0 aromatic heterocycles. The Morgan fingerprint density at radius 2 is 2.18 bits per heavy atom. The van der Waals surface area contributed by atoms with Crippen LogP contribution in [0.25, 0.3) is 0 Å². The smallest absolute Gasteiger partial charge is 0.322 e. The molecule has 1 atom stereocenters. The normalized spacial score (nSPS) is 20.8. The van der Waals surface area contributed by atoms with Crippen molar-refractivity contribution in [1.29, 1.82) is 0 Å². The van der Waals surface area contributed by atoms with E-state index in [4.69, 9.17) is 5.11 Å². The van der Waals surface area contributed by atoms with Gasteiger partial charge in [0.2, 0.25) is 11.8 Å². The first-order valence-corrected chi connectivity index (χ1v) is 5.35. The predicted molar refractivity (Wildman–Crippen MR) is 59.3 cm³/mol. The van der Waals surface area contributed by atoms with E-state index in [-0.39, 0.29) is 37.9 Å². The molecule has 0 saturated carbocycles. The Kier molecular flexibility index (Phi) is 4.45. The predicted octanol–water partition coefficient (Wildman–Crippen LogP) is -1.65. The summed E-state index contributed by atoms with van der Waals surface area (Å²) in [6.07, 6.45) is 0.212. The molecule has 1 heterocycles. The Labute approximate surface area is 99.4 Å². The second kappa shape index (κ2) is 5.62. The Morgan fingerprint density at radius 1 is 1.53 bits per heavy atom. The fourth-order valence-electron chi connectivity index (χ4n) is 1.63. The molecule has 7 heteroatoms. The summed E-state index contributed by atoms with van der Waals surface area (Å²) < 4.78 is 0.